The summed E-state index contributed by atoms with van der Waals surface area (Å²) in [7, 11) is 0. The summed E-state index contributed by atoms with van der Waals surface area (Å²) in [6.07, 6.45) is 4.15. The SMILES string of the molecule is CC.Cc1ccc[c-]c1/C=C\[CH]=[W]. The van der Waals surface area contributed by atoms with Gasteiger partial charge in [-0.1, -0.05) is 13.8 Å². The van der Waals surface area contributed by atoms with Crippen LogP contribution in [0.2, 0.25) is 0 Å². The van der Waals surface area contributed by atoms with E-state index in [0.29, 0.717) is 0 Å². The van der Waals surface area contributed by atoms with Gasteiger partial charge in [-0.15, -0.1) is 0 Å². The molecule has 0 nitrogen and oxygen atoms in total. The molecule has 0 N–H and O–H groups in total. The zero-order valence-electron chi connectivity index (χ0n) is 8.37. The number of hydrogen-bond donors (Lipinski definition) is 0. The van der Waals surface area contributed by atoms with Crippen molar-refractivity contribution < 1.29 is 19.4 Å². The number of hydrogen-bond acceptors (Lipinski definition) is 0. The average molecular weight is 343 g/mol. The standard InChI is InChI=1S/C10H9.C2H6.W/c1-3-6-10-8-5-4-7-9(10)2;1-2;/h1,3-7H,2H3;1-2H3;/q-1;;/b6-3-;;. The van der Waals surface area contributed by atoms with Crippen molar-refractivity contribution in [1.82, 2.24) is 0 Å². The van der Waals surface area contributed by atoms with E-state index in [9.17, 15) is 0 Å². The van der Waals surface area contributed by atoms with Crippen molar-refractivity contribution in [2.45, 2.75) is 20.8 Å². The molecule has 1 aromatic rings. The molecule has 0 fully saturated rings. The van der Waals surface area contributed by atoms with E-state index in [0.717, 1.165) is 0 Å². The molecule has 0 aromatic heterocycles. The van der Waals surface area contributed by atoms with E-state index in [2.05, 4.69) is 35.6 Å². The predicted octanol–water partition coefficient (Wildman–Crippen LogP) is 3.18. The third kappa shape index (κ3) is 4.95. The summed E-state index contributed by atoms with van der Waals surface area (Å²) < 4.78 is 2.10. The Balaban J connectivity index is 0.000000671. The second kappa shape index (κ2) is 8.13. The van der Waals surface area contributed by atoms with E-state index in [1.807, 2.05) is 26.0 Å². The second-order valence-electron chi connectivity index (χ2n) is 2.26. The summed E-state index contributed by atoms with van der Waals surface area (Å²) in [6, 6.07) is 9.22. The van der Waals surface area contributed by atoms with Crippen LogP contribution in [-0.4, -0.2) is 4.40 Å². The van der Waals surface area contributed by atoms with Crippen LogP contribution in [0.1, 0.15) is 25.0 Å². The van der Waals surface area contributed by atoms with E-state index in [1.165, 1.54) is 30.5 Å². The molecule has 0 saturated carbocycles. The molecule has 1 heteroatoms. The van der Waals surface area contributed by atoms with Crippen LogP contribution < -0.4 is 0 Å². The summed E-state index contributed by atoms with van der Waals surface area (Å²) in [4.78, 5) is 0. The van der Waals surface area contributed by atoms with Gasteiger partial charge in [0.25, 0.3) is 0 Å². The Bertz CT molecular complexity index is 274. The monoisotopic (exact) mass is 343 g/mol. The maximum atomic E-state index is 3.17. The molecular formula is C12H15W-. The fourth-order valence-electron chi connectivity index (χ4n) is 0.849. The molecule has 0 unspecified atom stereocenters. The Kier molecular flexibility index (Phi) is 7.83. The van der Waals surface area contributed by atoms with Crippen LogP contribution in [-0.2, 0) is 19.4 Å². The molecule has 0 aliphatic heterocycles. The zero-order chi connectivity index (χ0) is 10.1. The van der Waals surface area contributed by atoms with Crippen LogP contribution in [0.25, 0.3) is 6.08 Å². The van der Waals surface area contributed by atoms with Crippen molar-refractivity contribution in [3.8, 4) is 0 Å². The van der Waals surface area contributed by atoms with E-state index in [4.69, 9.17) is 0 Å². The van der Waals surface area contributed by atoms with Crippen molar-refractivity contribution in [3.05, 3.63) is 41.5 Å². The fourth-order valence-corrected chi connectivity index (χ4v) is 1.13. The van der Waals surface area contributed by atoms with Gasteiger partial charge in [-0.3, -0.25) is 0 Å². The number of aryl methyl sites for hydroxylation is 1. The number of rotatable bonds is 2. The third-order valence-electron chi connectivity index (χ3n) is 1.45. The minimum atomic E-state index is 1.19. The first-order chi connectivity index (χ1) is 6.34. The molecule has 70 valence electrons. The molecule has 1 rings (SSSR count). The van der Waals surface area contributed by atoms with Gasteiger partial charge in [0, 0.05) is 0 Å². The Morgan fingerprint density at radius 2 is 2.08 bits per heavy atom. The summed E-state index contributed by atoms with van der Waals surface area (Å²) in [5, 5.41) is 0. The molecular weight excluding hydrogens is 328 g/mol. The Morgan fingerprint density at radius 1 is 1.38 bits per heavy atom. The first kappa shape index (κ1) is 12.5. The van der Waals surface area contributed by atoms with Gasteiger partial charge in [-0.25, -0.2) is 0 Å². The van der Waals surface area contributed by atoms with Gasteiger partial charge in [0.2, 0.25) is 0 Å². The van der Waals surface area contributed by atoms with E-state index in [1.54, 1.807) is 0 Å². The van der Waals surface area contributed by atoms with Gasteiger partial charge < -0.3 is 0 Å². The second-order valence-corrected chi connectivity index (χ2v) is 3.24. The van der Waals surface area contributed by atoms with Crippen LogP contribution in [0.5, 0.6) is 0 Å². The molecule has 0 aliphatic rings. The number of allylic oxidation sites excluding steroid dienone is 1. The third-order valence-corrected chi connectivity index (χ3v) is 2.01. The predicted molar refractivity (Wildman–Crippen MR) is 56.5 cm³/mol. The Labute approximate surface area is 92.1 Å². The van der Waals surface area contributed by atoms with Crippen LogP contribution in [0, 0.1) is 13.0 Å². The maximum absolute atomic E-state index is 3.17. The molecule has 13 heavy (non-hydrogen) atoms. The van der Waals surface area contributed by atoms with Gasteiger partial charge >= 0.3 is 78.2 Å². The van der Waals surface area contributed by atoms with Crippen molar-refractivity contribution in [1.29, 1.82) is 0 Å². The molecule has 0 heterocycles. The Hall–Kier alpha value is -0.482. The Morgan fingerprint density at radius 3 is 2.62 bits per heavy atom. The van der Waals surface area contributed by atoms with Crippen LogP contribution >= 0.6 is 0 Å². The van der Waals surface area contributed by atoms with Crippen molar-refractivity contribution in [2.24, 2.45) is 0 Å². The van der Waals surface area contributed by atoms with Gasteiger partial charge in [0.1, 0.15) is 0 Å². The summed E-state index contributed by atoms with van der Waals surface area (Å²) in [6.45, 7) is 6.10. The molecule has 0 saturated heterocycles. The van der Waals surface area contributed by atoms with Gasteiger partial charge in [0.15, 0.2) is 0 Å². The van der Waals surface area contributed by atoms with Crippen LogP contribution in [0.4, 0.5) is 0 Å². The van der Waals surface area contributed by atoms with E-state index >= 15 is 0 Å². The first-order valence-corrected chi connectivity index (χ1v) is 6.13. The molecule has 0 amide bonds. The molecule has 0 spiro atoms. The van der Waals surface area contributed by atoms with Gasteiger partial charge in [-0.2, -0.15) is 0 Å². The molecule has 0 radical (unpaired) electrons. The first-order valence-electron chi connectivity index (χ1n) is 4.44. The molecule has 0 aliphatic carbocycles. The van der Waals surface area contributed by atoms with E-state index in [-0.39, 0.29) is 0 Å². The van der Waals surface area contributed by atoms with Crippen molar-refractivity contribution >= 4 is 10.5 Å². The van der Waals surface area contributed by atoms with E-state index < -0.39 is 0 Å². The minimum absolute atomic E-state index is 1.19. The van der Waals surface area contributed by atoms with Gasteiger partial charge in [-0.05, 0) is 0 Å². The zero-order valence-corrected chi connectivity index (χ0v) is 11.3. The molecule has 0 bridgehead atoms. The topological polar surface area (TPSA) is 0 Å². The average Bonchev–Trinajstić information content (AvgIpc) is 2.20. The van der Waals surface area contributed by atoms with Crippen LogP contribution in [0.15, 0.2) is 24.3 Å². The van der Waals surface area contributed by atoms with Crippen LogP contribution in [0.3, 0.4) is 0 Å². The van der Waals surface area contributed by atoms with Crippen molar-refractivity contribution in [3.63, 3.8) is 0 Å². The fraction of sp³-hybridized carbons (Fsp3) is 0.250. The molecule has 1 aromatic carbocycles. The normalized spacial score (nSPS) is 9.15. The summed E-state index contributed by atoms with van der Waals surface area (Å²) >= 11 is 1.48. The quantitative estimate of drug-likeness (QED) is 0.724. The summed E-state index contributed by atoms with van der Waals surface area (Å²) in [5.41, 5.74) is 2.46. The van der Waals surface area contributed by atoms with Gasteiger partial charge in [0.05, 0.1) is 0 Å². The molecule has 0 atom stereocenters. The summed E-state index contributed by atoms with van der Waals surface area (Å²) in [5.74, 6) is 0. The number of benzene rings is 1. The van der Waals surface area contributed by atoms with Crippen molar-refractivity contribution in [2.75, 3.05) is 0 Å².